The van der Waals surface area contributed by atoms with Crippen LogP contribution in [0.2, 0.25) is 5.02 Å². The summed E-state index contributed by atoms with van der Waals surface area (Å²) in [6.07, 6.45) is -3.61. The molecule has 3 aromatic carbocycles. The van der Waals surface area contributed by atoms with Crippen LogP contribution in [-0.4, -0.2) is 22.1 Å². The number of aryl methyl sites for hydroxylation is 1. The molecule has 1 heterocycles. The Morgan fingerprint density at radius 3 is 2.52 bits per heavy atom. The molecule has 0 radical (unpaired) electrons. The fourth-order valence-electron chi connectivity index (χ4n) is 4.08. The van der Waals surface area contributed by atoms with Crippen LogP contribution in [0.25, 0.3) is 28.2 Å². The van der Waals surface area contributed by atoms with Gasteiger partial charge in [-0.15, -0.1) is 0 Å². The molecule has 4 rings (SSSR count). The van der Waals surface area contributed by atoms with Gasteiger partial charge in [-0.25, -0.2) is 14.0 Å². The van der Waals surface area contributed by atoms with E-state index < -0.39 is 52.9 Å². The fourth-order valence-corrected chi connectivity index (χ4v) is 4.23. The van der Waals surface area contributed by atoms with Crippen molar-refractivity contribution < 1.29 is 41.8 Å². The van der Waals surface area contributed by atoms with Crippen LogP contribution in [0.5, 0.6) is 5.75 Å². The molecule has 0 spiro atoms. The van der Waals surface area contributed by atoms with Crippen LogP contribution in [0.1, 0.15) is 22.3 Å². The van der Waals surface area contributed by atoms with Gasteiger partial charge in [-0.2, -0.15) is 13.2 Å². The average molecular weight is 576 g/mol. The van der Waals surface area contributed by atoms with Gasteiger partial charge in [0.15, 0.2) is 11.6 Å². The van der Waals surface area contributed by atoms with Crippen LogP contribution in [0.15, 0.2) is 63.8 Å². The monoisotopic (exact) mass is 575 g/mol. The Hall–Kier alpha value is -4.64. The summed E-state index contributed by atoms with van der Waals surface area (Å²) in [5, 5.41) is 21.2. The molecule has 1 aromatic heterocycles. The van der Waals surface area contributed by atoms with E-state index >= 15 is 0 Å². The van der Waals surface area contributed by atoms with E-state index in [1.807, 2.05) is 5.32 Å². The van der Waals surface area contributed by atoms with Crippen molar-refractivity contribution >= 4 is 46.2 Å². The van der Waals surface area contributed by atoms with Gasteiger partial charge >= 0.3 is 17.8 Å². The van der Waals surface area contributed by atoms with Crippen LogP contribution in [0.4, 0.5) is 23.2 Å². The molecule has 0 unspecified atom stereocenters. The average Bonchev–Trinajstić information content (AvgIpc) is 2.86. The molecule has 0 atom stereocenters. The minimum Gasteiger partial charge on any atom is -0.505 e. The number of aliphatic carboxylic acids is 1. The Kier molecular flexibility index (Phi) is 7.70. The normalized spacial score (nSPS) is 11.8. The fraction of sp³-hybridized carbons (Fsp3) is 0.107. The Balaban J connectivity index is 1.86. The van der Waals surface area contributed by atoms with Crippen molar-refractivity contribution in [1.29, 1.82) is 0 Å². The van der Waals surface area contributed by atoms with E-state index in [0.29, 0.717) is 33.2 Å². The lowest BCUT2D eigenvalue weighted by Gasteiger charge is -2.16. The Morgan fingerprint density at radius 1 is 1.12 bits per heavy atom. The van der Waals surface area contributed by atoms with Crippen molar-refractivity contribution in [2.24, 2.45) is 0 Å². The first kappa shape index (κ1) is 28.4. The number of halogens is 5. The summed E-state index contributed by atoms with van der Waals surface area (Å²) in [5.74, 6) is -4.93. The third-order valence-corrected chi connectivity index (χ3v) is 6.29. The molecule has 0 bridgehead atoms. The molecule has 12 heteroatoms. The van der Waals surface area contributed by atoms with Crippen LogP contribution < -0.4 is 10.9 Å². The second kappa shape index (κ2) is 10.9. The molecule has 0 saturated carbocycles. The number of anilines is 1. The van der Waals surface area contributed by atoms with Gasteiger partial charge in [0.1, 0.15) is 5.58 Å². The third kappa shape index (κ3) is 5.99. The summed E-state index contributed by atoms with van der Waals surface area (Å²) in [4.78, 5) is 37.0. The van der Waals surface area contributed by atoms with E-state index in [9.17, 15) is 37.1 Å². The van der Waals surface area contributed by atoms with Gasteiger partial charge < -0.3 is 19.9 Å². The van der Waals surface area contributed by atoms with E-state index in [4.69, 9.17) is 21.1 Å². The molecule has 4 aromatic rings. The summed E-state index contributed by atoms with van der Waals surface area (Å²) >= 11 is 6.19. The first-order chi connectivity index (χ1) is 18.7. The number of hydrogen-bond donors (Lipinski definition) is 3. The topological polar surface area (TPSA) is 117 Å². The molecule has 7 nitrogen and oxygen atoms in total. The number of carbonyl (C=O) groups excluding carboxylic acids is 1. The molecule has 0 aliphatic rings. The zero-order valence-corrected chi connectivity index (χ0v) is 21.2. The van der Waals surface area contributed by atoms with Crippen molar-refractivity contribution in [2.75, 3.05) is 5.32 Å². The number of aromatic hydroxyl groups is 1. The first-order valence-corrected chi connectivity index (χ1v) is 11.8. The molecule has 3 N–H and O–H groups in total. The van der Waals surface area contributed by atoms with Crippen molar-refractivity contribution in [3.05, 3.63) is 98.1 Å². The van der Waals surface area contributed by atoms with E-state index in [1.165, 1.54) is 12.1 Å². The first-order valence-electron chi connectivity index (χ1n) is 11.4. The van der Waals surface area contributed by atoms with Gasteiger partial charge in [0.2, 0.25) is 5.91 Å². The standard InChI is InChI=1S/C28H18ClF4NO6/c1-13-7-16-23(11-19(13)29)40-27(39)17(26(16)15-4-2-3-14(8-15)5-6-25(37)38)9-24(36)34-21-12-22(35)20(30)10-18(21)28(31,32)33/h2-8,10-12,35H,9H2,1H3,(H,34,36)(H,37,38)/b6-5+. The lowest BCUT2D eigenvalue weighted by molar-refractivity contribution is -0.137. The lowest BCUT2D eigenvalue weighted by Crippen LogP contribution is -2.22. The maximum Gasteiger partial charge on any atom is 0.418 e. The summed E-state index contributed by atoms with van der Waals surface area (Å²) < 4.78 is 59.4. The van der Waals surface area contributed by atoms with E-state index in [1.54, 1.807) is 37.3 Å². The molecule has 206 valence electrons. The number of phenols is 1. The number of alkyl halides is 3. The molecule has 0 aliphatic heterocycles. The van der Waals surface area contributed by atoms with Gasteiger partial charge in [-0.1, -0.05) is 29.8 Å². The van der Waals surface area contributed by atoms with Crippen molar-refractivity contribution in [1.82, 2.24) is 0 Å². The number of nitrogens with one attached hydrogen (secondary N) is 1. The molecular formula is C28H18ClF4NO6. The largest absolute Gasteiger partial charge is 0.505 e. The third-order valence-electron chi connectivity index (χ3n) is 5.88. The number of carboxylic acid groups (broad SMARTS) is 1. The zero-order chi connectivity index (χ0) is 29.4. The van der Waals surface area contributed by atoms with Gasteiger partial charge in [0.05, 0.1) is 23.2 Å². The maximum absolute atomic E-state index is 13.6. The number of fused-ring (bicyclic) bond motifs is 1. The Bertz CT molecular complexity index is 1760. The molecule has 0 aliphatic carbocycles. The second-order valence-electron chi connectivity index (χ2n) is 8.71. The second-order valence-corrected chi connectivity index (χ2v) is 9.12. The lowest BCUT2D eigenvalue weighted by atomic mass is 9.93. The zero-order valence-electron chi connectivity index (χ0n) is 20.4. The van der Waals surface area contributed by atoms with Crippen LogP contribution >= 0.6 is 11.6 Å². The molecule has 0 saturated heterocycles. The van der Waals surface area contributed by atoms with Gasteiger partial charge in [-0.05, 0) is 47.9 Å². The van der Waals surface area contributed by atoms with Crippen molar-refractivity contribution in [3.8, 4) is 16.9 Å². The predicted molar refractivity (Wildman–Crippen MR) is 140 cm³/mol. The number of carboxylic acids is 1. The number of benzene rings is 3. The summed E-state index contributed by atoms with van der Waals surface area (Å²) in [6.45, 7) is 1.69. The Morgan fingerprint density at radius 2 is 1.85 bits per heavy atom. The summed E-state index contributed by atoms with van der Waals surface area (Å²) in [6, 6.07) is 9.82. The van der Waals surface area contributed by atoms with E-state index in [-0.39, 0.29) is 22.8 Å². The van der Waals surface area contributed by atoms with Crippen LogP contribution in [0, 0.1) is 12.7 Å². The SMILES string of the molecule is Cc1cc2c(-c3cccc(/C=C/C(=O)O)c3)c(CC(=O)Nc3cc(O)c(F)cc3C(F)(F)F)c(=O)oc2cc1Cl. The smallest absolute Gasteiger partial charge is 0.418 e. The molecular weight excluding hydrogens is 558 g/mol. The number of rotatable bonds is 6. The molecule has 1 amide bonds. The highest BCUT2D eigenvalue weighted by atomic mass is 35.5. The number of carbonyl (C=O) groups is 2. The minimum absolute atomic E-state index is 0.0451. The number of phenolic OH excluding ortho intramolecular Hbond substituents is 1. The van der Waals surface area contributed by atoms with Gasteiger partial charge in [-0.3, -0.25) is 4.79 Å². The number of hydrogen-bond acceptors (Lipinski definition) is 5. The summed E-state index contributed by atoms with van der Waals surface area (Å²) in [5.41, 5.74) is -1.92. The highest BCUT2D eigenvalue weighted by Crippen LogP contribution is 2.38. The maximum atomic E-state index is 13.6. The van der Waals surface area contributed by atoms with E-state index in [0.717, 1.165) is 6.08 Å². The van der Waals surface area contributed by atoms with Crippen molar-refractivity contribution in [3.63, 3.8) is 0 Å². The summed E-state index contributed by atoms with van der Waals surface area (Å²) in [7, 11) is 0. The van der Waals surface area contributed by atoms with Gasteiger partial charge in [0, 0.05) is 34.2 Å². The number of amides is 1. The molecule has 0 fully saturated rings. The van der Waals surface area contributed by atoms with Crippen LogP contribution in [-0.2, 0) is 22.2 Å². The van der Waals surface area contributed by atoms with E-state index in [2.05, 4.69) is 0 Å². The van der Waals surface area contributed by atoms with Crippen LogP contribution in [0.3, 0.4) is 0 Å². The van der Waals surface area contributed by atoms with Gasteiger partial charge in [0.25, 0.3) is 0 Å². The quantitative estimate of drug-likeness (QED) is 0.136. The molecule has 40 heavy (non-hydrogen) atoms. The Labute approximate surface area is 227 Å². The predicted octanol–water partition coefficient (Wildman–Crippen LogP) is 6.56. The minimum atomic E-state index is -5.06. The highest BCUT2D eigenvalue weighted by molar-refractivity contribution is 6.32. The van der Waals surface area contributed by atoms with Crippen molar-refractivity contribution in [2.45, 2.75) is 19.5 Å². The highest BCUT2D eigenvalue weighted by Gasteiger charge is 2.35.